The van der Waals surface area contributed by atoms with Crippen LogP contribution < -0.4 is 4.68 Å². The fourth-order valence-electron chi connectivity index (χ4n) is 2.84. The van der Waals surface area contributed by atoms with Crippen molar-refractivity contribution in [1.29, 1.82) is 0 Å². The molecule has 0 spiro atoms. The van der Waals surface area contributed by atoms with E-state index in [1.807, 2.05) is 59.5 Å². The summed E-state index contributed by atoms with van der Waals surface area (Å²) >= 11 is 0. The molecule has 1 heterocycles. The number of benzene rings is 3. The molecule has 4 aromatic rings. The van der Waals surface area contributed by atoms with Gasteiger partial charge in [-0.15, -0.1) is 0 Å². The van der Waals surface area contributed by atoms with E-state index >= 15 is 0 Å². The van der Waals surface area contributed by atoms with Gasteiger partial charge in [-0.05, 0) is 47.9 Å². The summed E-state index contributed by atoms with van der Waals surface area (Å²) in [6.45, 7) is 2.10. The van der Waals surface area contributed by atoms with Gasteiger partial charge in [-0.3, -0.25) is 0 Å². The highest BCUT2D eigenvalue weighted by molar-refractivity contribution is 5.57. The molecule has 0 atom stereocenters. The molecule has 0 bridgehead atoms. The zero-order valence-corrected chi connectivity index (χ0v) is 13.5. The summed E-state index contributed by atoms with van der Waals surface area (Å²) in [6.07, 6.45) is 2.04. The van der Waals surface area contributed by atoms with Crippen molar-refractivity contribution in [3.05, 3.63) is 96.8 Å². The van der Waals surface area contributed by atoms with E-state index in [0.717, 1.165) is 22.8 Å². The molecule has 0 aliphatic carbocycles. The summed E-state index contributed by atoms with van der Waals surface area (Å²) < 4.78 is 4.08. The van der Waals surface area contributed by atoms with E-state index in [-0.39, 0.29) is 0 Å². The molecule has 3 heteroatoms. The van der Waals surface area contributed by atoms with Gasteiger partial charge in [0.25, 0.3) is 12.2 Å². The van der Waals surface area contributed by atoms with Gasteiger partial charge in [-0.1, -0.05) is 59.3 Å². The maximum Gasteiger partial charge on any atom is 0.277 e. The van der Waals surface area contributed by atoms with Crippen LogP contribution in [0.15, 0.2) is 91.3 Å². The Morgan fingerprint density at radius 1 is 0.750 bits per heavy atom. The van der Waals surface area contributed by atoms with Crippen molar-refractivity contribution in [2.45, 2.75) is 6.92 Å². The molecule has 116 valence electrons. The topological polar surface area (TPSA) is 21.7 Å². The normalized spacial score (nSPS) is 10.7. The number of aryl methyl sites for hydroxylation is 1. The molecule has 0 saturated carbocycles. The highest BCUT2D eigenvalue weighted by atomic mass is 15.4. The van der Waals surface area contributed by atoms with E-state index in [1.54, 1.807) is 0 Å². The monoisotopic (exact) mass is 312 g/mol. The highest BCUT2D eigenvalue weighted by Gasteiger charge is 2.21. The molecule has 4 rings (SSSR count). The Labute approximate surface area is 141 Å². The average molecular weight is 312 g/mol. The van der Waals surface area contributed by atoms with Gasteiger partial charge in [0.15, 0.2) is 5.69 Å². The van der Waals surface area contributed by atoms with Crippen LogP contribution in [0, 0.1) is 6.92 Å². The lowest BCUT2D eigenvalue weighted by Crippen LogP contribution is -2.33. The summed E-state index contributed by atoms with van der Waals surface area (Å²) in [5.41, 5.74) is 4.47. The van der Waals surface area contributed by atoms with Crippen LogP contribution in [0.3, 0.4) is 0 Å². The molecular weight excluding hydrogens is 294 g/mol. The molecular formula is C21H18N3+. The summed E-state index contributed by atoms with van der Waals surface area (Å²) in [5.74, 6) is 0.921. The van der Waals surface area contributed by atoms with Crippen LogP contribution in [-0.4, -0.2) is 9.67 Å². The van der Waals surface area contributed by atoms with Crippen molar-refractivity contribution in [3.8, 4) is 22.8 Å². The number of hydrogen-bond acceptors (Lipinski definition) is 1. The van der Waals surface area contributed by atoms with E-state index in [1.165, 1.54) is 5.56 Å². The summed E-state index contributed by atoms with van der Waals surface area (Å²) in [6, 6.07) is 28.9. The van der Waals surface area contributed by atoms with Gasteiger partial charge in [0.05, 0.1) is 0 Å². The Hall–Kier alpha value is -3.20. The highest BCUT2D eigenvalue weighted by Crippen LogP contribution is 2.20. The van der Waals surface area contributed by atoms with Crippen LogP contribution in [0.25, 0.3) is 22.8 Å². The van der Waals surface area contributed by atoms with Crippen LogP contribution in [0.2, 0.25) is 0 Å². The molecule has 0 aliphatic heterocycles. The van der Waals surface area contributed by atoms with Crippen LogP contribution in [0.1, 0.15) is 5.56 Å². The quantitative estimate of drug-likeness (QED) is 0.521. The summed E-state index contributed by atoms with van der Waals surface area (Å²) in [7, 11) is 0. The Kier molecular flexibility index (Phi) is 3.67. The SMILES string of the molecule is Cc1ccccc1-[n+]1cn(-c2ccccc2)c(-c2ccccc2)n1. The van der Waals surface area contributed by atoms with Crippen LogP contribution in [0.5, 0.6) is 0 Å². The van der Waals surface area contributed by atoms with Crippen molar-refractivity contribution < 1.29 is 4.68 Å². The largest absolute Gasteiger partial charge is 0.277 e. The Balaban J connectivity index is 1.94. The minimum absolute atomic E-state index is 0.921. The number of hydrogen-bond donors (Lipinski definition) is 0. The van der Waals surface area contributed by atoms with Crippen LogP contribution in [0.4, 0.5) is 0 Å². The van der Waals surface area contributed by atoms with E-state index in [0.29, 0.717) is 0 Å². The molecule has 0 aliphatic rings. The minimum atomic E-state index is 0.921. The third-order valence-corrected chi connectivity index (χ3v) is 4.08. The lowest BCUT2D eigenvalue weighted by Gasteiger charge is -1.99. The predicted molar refractivity (Wildman–Crippen MR) is 95.3 cm³/mol. The minimum Gasteiger partial charge on any atom is -0.177 e. The first-order valence-electron chi connectivity index (χ1n) is 8.01. The fraction of sp³-hybridized carbons (Fsp3) is 0.0476. The second-order valence-corrected chi connectivity index (χ2v) is 5.74. The fourth-order valence-corrected chi connectivity index (χ4v) is 2.84. The molecule has 0 amide bonds. The Bertz CT molecular complexity index is 900. The standard InChI is InChI=1S/C21H18N3/c1-17-10-8-9-15-20(17)24-16-23(19-13-6-3-7-14-19)21(22-24)18-11-4-2-5-12-18/h2-16H,1H3/q+1. The molecule has 3 aromatic carbocycles. The van der Waals surface area contributed by atoms with Gasteiger partial charge in [-0.25, -0.2) is 0 Å². The van der Waals surface area contributed by atoms with E-state index in [9.17, 15) is 0 Å². The maximum atomic E-state index is 4.87. The molecule has 0 fully saturated rings. The van der Waals surface area contributed by atoms with Crippen molar-refractivity contribution in [2.75, 3.05) is 0 Å². The molecule has 24 heavy (non-hydrogen) atoms. The zero-order chi connectivity index (χ0) is 16.4. The third kappa shape index (κ3) is 2.61. The summed E-state index contributed by atoms with van der Waals surface area (Å²) in [5, 5.41) is 4.87. The number of aromatic nitrogens is 3. The first kappa shape index (κ1) is 14.4. The second-order valence-electron chi connectivity index (χ2n) is 5.74. The third-order valence-electron chi connectivity index (χ3n) is 4.08. The van der Waals surface area contributed by atoms with Gasteiger partial charge in [0.1, 0.15) is 5.69 Å². The first-order valence-corrected chi connectivity index (χ1v) is 8.01. The lowest BCUT2D eigenvalue weighted by molar-refractivity contribution is -0.656. The van der Waals surface area contributed by atoms with Gasteiger partial charge in [0.2, 0.25) is 0 Å². The van der Waals surface area contributed by atoms with Gasteiger partial charge < -0.3 is 0 Å². The summed E-state index contributed by atoms with van der Waals surface area (Å²) in [4.78, 5) is 0. The van der Waals surface area contributed by atoms with Gasteiger partial charge >= 0.3 is 0 Å². The van der Waals surface area contributed by atoms with Crippen molar-refractivity contribution in [3.63, 3.8) is 0 Å². The molecule has 3 nitrogen and oxygen atoms in total. The molecule has 0 unspecified atom stereocenters. The lowest BCUT2D eigenvalue weighted by atomic mass is 10.2. The van der Waals surface area contributed by atoms with Gasteiger partial charge in [-0.2, -0.15) is 4.57 Å². The molecule has 0 radical (unpaired) electrons. The van der Waals surface area contributed by atoms with Crippen molar-refractivity contribution in [1.82, 2.24) is 9.67 Å². The van der Waals surface area contributed by atoms with Crippen LogP contribution in [-0.2, 0) is 0 Å². The van der Waals surface area contributed by atoms with E-state index < -0.39 is 0 Å². The molecule has 0 saturated heterocycles. The van der Waals surface area contributed by atoms with Crippen LogP contribution >= 0.6 is 0 Å². The number of rotatable bonds is 3. The van der Waals surface area contributed by atoms with Crippen molar-refractivity contribution >= 4 is 0 Å². The number of nitrogens with zero attached hydrogens (tertiary/aromatic N) is 3. The number of para-hydroxylation sites is 2. The average Bonchev–Trinajstić information content (AvgIpc) is 3.09. The van der Waals surface area contributed by atoms with Gasteiger partial charge in [0, 0.05) is 5.56 Å². The molecule has 0 N–H and O–H groups in total. The molecule has 1 aromatic heterocycles. The Morgan fingerprint density at radius 3 is 2.08 bits per heavy atom. The maximum absolute atomic E-state index is 4.87. The van der Waals surface area contributed by atoms with E-state index in [2.05, 4.69) is 47.9 Å². The predicted octanol–water partition coefficient (Wildman–Crippen LogP) is 4.12. The van der Waals surface area contributed by atoms with Crippen molar-refractivity contribution in [2.24, 2.45) is 0 Å². The Morgan fingerprint density at radius 2 is 1.38 bits per heavy atom. The van der Waals surface area contributed by atoms with E-state index in [4.69, 9.17) is 5.10 Å². The second kappa shape index (κ2) is 6.13. The zero-order valence-electron chi connectivity index (χ0n) is 13.5. The smallest absolute Gasteiger partial charge is 0.177 e. The first-order chi connectivity index (χ1) is 11.8.